The third-order valence-corrected chi connectivity index (χ3v) is 5.53. The molecule has 2 atom stereocenters. The first kappa shape index (κ1) is 19.2. The van der Waals surface area contributed by atoms with Crippen molar-refractivity contribution in [3.63, 3.8) is 0 Å². The van der Waals surface area contributed by atoms with Crippen molar-refractivity contribution in [1.82, 2.24) is 0 Å². The van der Waals surface area contributed by atoms with E-state index < -0.39 is 11.5 Å². The summed E-state index contributed by atoms with van der Waals surface area (Å²) in [5, 5.41) is 12.0. The van der Waals surface area contributed by atoms with Crippen LogP contribution in [0.4, 0.5) is 5.69 Å². The first-order valence-corrected chi connectivity index (χ1v) is 10.1. The number of allylic oxidation sites excluding steroid dienone is 1. The lowest BCUT2D eigenvalue weighted by Gasteiger charge is -2.30. The predicted molar refractivity (Wildman–Crippen MR) is 117 cm³/mol. The maximum atomic E-state index is 13.7. The van der Waals surface area contributed by atoms with Crippen molar-refractivity contribution in [3.8, 4) is 0 Å². The van der Waals surface area contributed by atoms with E-state index in [1.165, 1.54) is 0 Å². The zero-order chi connectivity index (χ0) is 20.3. The molecule has 0 radical (unpaired) electrons. The standard InChI is InChI=1S/C26H25NO2/c1-2-3-16-22(21-14-8-5-9-15-21)26(29)23-17-10-11-18-24(23)27(25(26)28)19-20-12-6-4-7-13-20/h3-18,22,29H,2,19H2,1H3/b16-3+/t22-,26+/m0/s1. The molecular weight excluding hydrogens is 358 g/mol. The highest BCUT2D eigenvalue weighted by Crippen LogP contribution is 2.49. The van der Waals surface area contributed by atoms with Crippen LogP contribution in [0.5, 0.6) is 0 Å². The summed E-state index contributed by atoms with van der Waals surface area (Å²) in [6.07, 6.45) is 4.82. The fourth-order valence-electron chi connectivity index (χ4n) is 4.11. The number of rotatable bonds is 6. The van der Waals surface area contributed by atoms with Crippen LogP contribution in [0.25, 0.3) is 0 Å². The van der Waals surface area contributed by atoms with Crippen molar-refractivity contribution < 1.29 is 9.90 Å². The molecule has 3 aromatic rings. The number of hydrogen-bond donors (Lipinski definition) is 1. The molecule has 0 aromatic heterocycles. The number of benzene rings is 3. The Morgan fingerprint density at radius 3 is 2.24 bits per heavy atom. The van der Waals surface area contributed by atoms with E-state index in [-0.39, 0.29) is 5.91 Å². The van der Waals surface area contributed by atoms with Crippen molar-refractivity contribution >= 4 is 11.6 Å². The molecule has 0 saturated carbocycles. The average Bonchev–Trinajstić information content (AvgIpc) is 2.98. The second kappa shape index (κ2) is 8.06. The van der Waals surface area contributed by atoms with Gasteiger partial charge in [-0.05, 0) is 23.6 Å². The van der Waals surface area contributed by atoms with Gasteiger partial charge in [-0.1, -0.05) is 97.9 Å². The van der Waals surface area contributed by atoms with Crippen LogP contribution in [0.15, 0.2) is 97.1 Å². The molecule has 29 heavy (non-hydrogen) atoms. The van der Waals surface area contributed by atoms with Crippen LogP contribution in [-0.2, 0) is 16.9 Å². The fraction of sp³-hybridized carbons (Fsp3) is 0.192. The van der Waals surface area contributed by atoms with Crippen molar-refractivity contribution in [2.75, 3.05) is 4.90 Å². The summed E-state index contributed by atoms with van der Waals surface area (Å²) in [5.74, 6) is -0.741. The van der Waals surface area contributed by atoms with Crippen molar-refractivity contribution in [3.05, 3.63) is 114 Å². The van der Waals surface area contributed by atoms with Gasteiger partial charge in [0.2, 0.25) is 0 Å². The third kappa shape index (κ3) is 3.39. The average molecular weight is 383 g/mol. The second-order valence-electron chi connectivity index (χ2n) is 7.39. The van der Waals surface area contributed by atoms with Crippen LogP contribution in [0, 0.1) is 0 Å². The van der Waals surface area contributed by atoms with Crippen LogP contribution in [0.3, 0.4) is 0 Å². The van der Waals surface area contributed by atoms with Crippen LogP contribution in [0.2, 0.25) is 0 Å². The molecule has 3 nitrogen and oxygen atoms in total. The molecule has 0 bridgehead atoms. The van der Waals surface area contributed by atoms with E-state index in [2.05, 4.69) is 6.92 Å². The molecule has 1 heterocycles. The summed E-state index contributed by atoms with van der Waals surface area (Å²) >= 11 is 0. The van der Waals surface area contributed by atoms with E-state index >= 15 is 0 Å². The Morgan fingerprint density at radius 1 is 0.931 bits per heavy atom. The number of aliphatic hydroxyl groups is 1. The van der Waals surface area contributed by atoms with Crippen molar-refractivity contribution in [2.45, 2.75) is 31.4 Å². The number of hydrogen-bond acceptors (Lipinski definition) is 2. The molecule has 3 aromatic carbocycles. The molecule has 0 spiro atoms. The van der Waals surface area contributed by atoms with E-state index in [1.807, 2.05) is 97.1 Å². The summed E-state index contributed by atoms with van der Waals surface area (Å²) in [4.78, 5) is 15.4. The molecule has 1 N–H and O–H groups in total. The van der Waals surface area contributed by atoms with Gasteiger partial charge in [0.15, 0.2) is 5.60 Å². The monoisotopic (exact) mass is 383 g/mol. The molecule has 0 aliphatic carbocycles. The van der Waals surface area contributed by atoms with Gasteiger partial charge in [0.05, 0.1) is 12.2 Å². The van der Waals surface area contributed by atoms with Gasteiger partial charge in [-0.15, -0.1) is 0 Å². The van der Waals surface area contributed by atoms with Gasteiger partial charge < -0.3 is 10.0 Å². The topological polar surface area (TPSA) is 40.5 Å². The van der Waals surface area contributed by atoms with Gasteiger partial charge in [-0.25, -0.2) is 0 Å². The minimum Gasteiger partial charge on any atom is -0.374 e. The first-order chi connectivity index (χ1) is 14.2. The zero-order valence-corrected chi connectivity index (χ0v) is 16.5. The summed E-state index contributed by atoms with van der Waals surface area (Å²) in [5.41, 5.74) is 1.74. The number of amides is 1. The molecule has 1 aliphatic heterocycles. The van der Waals surface area contributed by atoms with Gasteiger partial charge in [0, 0.05) is 11.5 Å². The van der Waals surface area contributed by atoms with Gasteiger partial charge in [-0.3, -0.25) is 4.79 Å². The minimum absolute atomic E-state index is 0.280. The largest absolute Gasteiger partial charge is 0.374 e. The highest BCUT2D eigenvalue weighted by molar-refractivity contribution is 6.07. The van der Waals surface area contributed by atoms with E-state index in [9.17, 15) is 9.90 Å². The van der Waals surface area contributed by atoms with Gasteiger partial charge in [-0.2, -0.15) is 0 Å². The first-order valence-electron chi connectivity index (χ1n) is 10.1. The maximum Gasteiger partial charge on any atom is 0.264 e. The molecule has 146 valence electrons. The predicted octanol–water partition coefficient (Wildman–Crippen LogP) is 5.17. The summed E-state index contributed by atoms with van der Waals surface area (Å²) in [6, 6.07) is 27.2. The Hall–Kier alpha value is -3.17. The van der Waals surface area contributed by atoms with E-state index in [4.69, 9.17) is 0 Å². The summed E-state index contributed by atoms with van der Waals surface area (Å²) in [6.45, 7) is 2.48. The molecular formula is C26H25NO2. The molecule has 0 unspecified atom stereocenters. The highest BCUT2D eigenvalue weighted by atomic mass is 16.3. The zero-order valence-electron chi connectivity index (χ0n) is 16.5. The summed E-state index contributed by atoms with van der Waals surface area (Å²) < 4.78 is 0. The molecule has 1 amide bonds. The number of carbonyl (C=O) groups excluding carboxylic acids is 1. The lowest BCUT2D eigenvalue weighted by molar-refractivity contribution is -0.137. The van der Waals surface area contributed by atoms with Crippen LogP contribution in [0.1, 0.15) is 36.0 Å². The van der Waals surface area contributed by atoms with E-state index in [0.29, 0.717) is 12.1 Å². The van der Waals surface area contributed by atoms with Crippen molar-refractivity contribution in [1.29, 1.82) is 0 Å². The SMILES string of the molecule is CC/C=C/[C@@H](c1ccccc1)[C@]1(O)C(=O)N(Cc2ccccc2)c2ccccc21. The van der Waals surface area contributed by atoms with Crippen LogP contribution < -0.4 is 4.90 Å². The lowest BCUT2D eigenvalue weighted by atomic mass is 9.77. The van der Waals surface area contributed by atoms with Crippen molar-refractivity contribution in [2.24, 2.45) is 0 Å². The molecule has 0 saturated heterocycles. The van der Waals surface area contributed by atoms with Crippen LogP contribution >= 0.6 is 0 Å². The highest BCUT2D eigenvalue weighted by Gasteiger charge is 2.54. The Morgan fingerprint density at radius 2 is 1.55 bits per heavy atom. The maximum absolute atomic E-state index is 13.7. The number of para-hydroxylation sites is 1. The van der Waals surface area contributed by atoms with Gasteiger partial charge in [0.25, 0.3) is 5.91 Å². The minimum atomic E-state index is -1.64. The molecule has 1 aliphatic rings. The van der Waals surface area contributed by atoms with Crippen LogP contribution in [-0.4, -0.2) is 11.0 Å². The molecule has 0 fully saturated rings. The Balaban J connectivity index is 1.83. The third-order valence-electron chi connectivity index (χ3n) is 5.53. The number of carbonyl (C=O) groups is 1. The smallest absolute Gasteiger partial charge is 0.264 e. The number of nitrogens with zero attached hydrogens (tertiary/aromatic N) is 1. The normalized spacial score (nSPS) is 19.5. The molecule has 3 heteroatoms. The Bertz CT molecular complexity index is 1010. The second-order valence-corrected chi connectivity index (χ2v) is 7.39. The fourth-order valence-corrected chi connectivity index (χ4v) is 4.11. The van der Waals surface area contributed by atoms with Gasteiger partial charge >= 0.3 is 0 Å². The Labute approximate surface area is 171 Å². The van der Waals surface area contributed by atoms with E-state index in [0.717, 1.165) is 23.2 Å². The Kier molecular flexibility index (Phi) is 5.32. The lowest BCUT2D eigenvalue weighted by Crippen LogP contribution is -2.44. The number of fused-ring (bicyclic) bond motifs is 1. The van der Waals surface area contributed by atoms with E-state index in [1.54, 1.807) is 4.90 Å². The van der Waals surface area contributed by atoms with Gasteiger partial charge in [0.1, 0.15) is 0 Å². The quantitative estimate of drug-likeness (QED) is 0.597. The number of anilines is 1. The molecule has 4 rings (SSSR count). The summed E-state index contributed by atoms with van der Waals surface area (Å²) in [7, 11) is 0.